The van der Waals surface area contributed by atoms with Crippen molar-refractivity contribution >= 4 is 21.2 Å². The number of nitrogens with one attached hydrogen (secondary N) is 1. The van der Waals surface area contributed by atoms with Crippen molar-refractivity contribution in [2.75, 3.05) is 19.7 Å². The highest BCUT2D eigenvalue weighted by Gasteiger charge is 2.32. The topological polar surface area (TPSA) is 123 Å². The first kappa shape index (κ1) is 21.9. The van der Waals surface area contributed by atoms with Gasteiger partial charge in [0.1, 0.15) is 11.6 Å². The number of fused-ring (bicyclic) bond motifs is 2. The fraction of sp³-hybridized carbons (Fsp3) is 0.333. The summed E-state index contributed by atoms with van der Waals surface area (Å²) in [4.78, 5) is 20.5. The van der Waals surface area contributed by atoms with Gasteiger partial charge < -0.3 is 9.72 Å². The van der Waals surface area contributed by atoms with Gasteiger partial charge in [-0.15, -0.1) is 5.10 Å². The fourth-order valence-electron chi connectivity index (χ4n) is 4.78. The van der Waals surface area contributed by atoms with E-state index in [-0.39, 0.29) is 17.0 Å². The maximum atomic E-state index is 13.2. The van der Waals surface area contributed by atoms with Crippen LogP contribution in [0.3, 0.4) is 0 Å². The molecule has 1 N–H and O–H groups in total. The number of benzene rings is 2. The maximum Gasteiger partial charge on any atom is 0.281 e. The van der Waals surface area contributed by atoms with E-state index in [1.165, 1.54) is 4.31 Å². The normalized spacial score (nSPS) is 16.9. The maximum absolute atomic E-state index is 13.2. The molecule has 180 valence electrons. The third-order valence-electron chi connectivity index (χ3n) is 6.71. The molecular weight excluding hydrogens is 468 g/mol. The molecular formula is C24H24N6O4S. The molecule has 0 aliphatic carbocycles. The molecule has 35 heavy (non-hydrogen) atoms. The summed E-state index contributed by atoms with van der Waals surface area (Å²) in [5.41, 5.74) is 2.25. The molecule has 0 saturated carbocycles. The average molecular weight is 493 g/mol. The molecule has 0 atom stereocenters. The van der Waals surface area contributed by atoms with Crippen LogP contribution in [0.1, 0.15) is 35.7 Å². The Bertz CT molecular complexity index is 1560. The first-order valence-corrected chi connectivity index (χ1v) is 13.1. The SMILES string of the molecule is O=c1[nH]c(C2CCN(S(=O)(=O)c3ccc4c(c3)CCO4)CC2)nc2c1nnn2Cc1ccccc1. The zero-order valence-electron chi connectivity index (χ0n) is 18.9. The van der Waals surface area contributed by atoms with Crippen molar-refractivity contribution in [2.24, 2.45) is 0 Å². The smallest absolute Gasteiger partial charge is 0.281 e. The Balaban J connectivity index is 1.22. The van der Waals surface area contributed by atoms with Gasteiger partial charge in [-0.2, -0.15) is 4.31 Å². The number of piperidine rings is 1. The predicted molar refractivity (Wildman–Crippen MR) is 128 cm³/mol. The van der Waals surface area contributed by atoms with E-state index < -0.39 is 10.0 Å². The first-order valence-electron chi connectivity index (χ1n) is 11.6. The molecule has 0 radical (unpaired) electrons. The fourth-order valence-corrected chi connectivity index (χ4v) is 6.30. The lowest BCUT2D eigenvalue weighted by molar-refractivity contribution is 0.313. The number of ether oxygens (including phenoxy) is 1. The molecule has 0 spiro atoms. The Kier molecular flexibility index (Phi) is 5.37. The minimum absolute atomic E-state index is 0.0629. The van der Waals surface area contributed by atoms with Gasteiger partial charge in [-0.3, -0.25) is 4.79 Å². The molecule has 2 aromatic carbocycles. The van der Waals surface area contributed by atoms with Crippen LogP contribution in [0.2, 0.25) is 0 Å². The van der Waals surface area contributed by atoms with Crippen molar-refractivity contribution in [1.29, 1.82) is 0 Å². The highest BCUT2D eigenvalue weighted by molar-refractivity contribution is 7.89. The minimum atomic E-state index is -3.60. The molecule has 10 nitrogen and oxygen atoms in total. The van der Waals surface area contributed by atoms with E-state index in [1.807, 2.05) is 30.3 Å². The molecule has 0 bridgehead atoms. The zero-order chi connectivity index (χ0) is 24.0. The van der Waals surface area contributed by atoms with Crippen LogP contribution in [0.15, 0.2) is 58.2 Å². The number of aromatic nitrogens is 5. The van der Waals surface area contributed by atoms with Gasteiger partial charge in [0.05, 0.1) is 18.0 Å². The third-order valence-corrected chi connectivity index (χ3v) is 8.60. The Morgan fingerprint density at radius 1 is 1.09 bits per heavy atom. The second-order valence-electron chi connectivity index (χ2n) is 8.90. The van der Waals surface area contributed by atoms with Gasteiger partial charge in [-0.05, 0) is 42.2 Å². The standard InChI is InChI=1S/C24H24N6O4S/c31-24-21-23(30(28-27-21)15-16-4-2-1-3-5-16)25-22(26-24)17-8-11-29(12-9-17)35(32,33)19-6-7-20-18(14-19)10-13-34-20/h1-7,14,17H,8-13,15H2,(H,25,26,31). The van der Waals surface area contributed by atoms with Crippen molar-refractivity contribution in [3.63, 3.8) is 0 Å². The molecule has 0 amide bonds. The van der Waals surface area contributed by atoms with Gasteiger partial charge in [0.25, 0.3) is 5.56 Å². The van der Waals surface area contributed by atoms with E-state index >= 15 is 0 Å². The van der Waals surface area contributed by atoms with E-state index in [2.05, 4.69) is 15.3 Å². The van der Waals surface area contributed by atoms with Gasteiger partial charge >= 0.3 is 0 Å². The van der Waals surface area contributed by atoms with Crippen LogP contribution in [-0.2, 0) is 23.0 Å². The number of hydrogen-bond donors (Lipinski definition) is 1. The van der Waals surface area contributed by atoms with Crippen LogP contribution in [0.4, 0.5) is 0 Å². The van der Waals surface area contributed by atoms with Gasteiger partial charge in [-0.25, -0.2) is 18.1 Å². The Hall–Kier alpha value is -3.57. The first-order chi connectivity index (χ1) is 17.0. The summed E-state index contributed by atoms with van der Waals surface area (Å²) in [5.74, 6) is 1.24. The molecule has 1 saturated heterocycles. The number of rotatable bonds is 5. The second-order valence-corrected chi connectivity index (χ2v) is 10.8. The quantitative estimate of drug-likeness (QED) is 0.452. The van der Waals surface area contributed by atoms with Gasteiger partial charge in [0.2, 0.25) is 10.0 Å². The van der Waals surface area contributed by atoms with E-state index in [1.54, 1.807) is 22.9 Å². The molecule has 2 aliphatic rings. The van der Waals surface area contributed by atoms with Crippen molar-refractivity contribution in [3.05, 3.63) is 75.8 Å². The van der Waals surface area contributed by atoms with Crippen LogP contribution < -0.4 is 10.3 Å². The van der Waals surface area contributed by atoms with Crippen molar-refractivity contribution in [2.45, 2.75) is 36.6 Å². The summed E-state index contributed by atoms with van der Waals surface area (Å²) in [6, 6.07) is 14.8. The van der Waals surface area contributed by atoms with Gasteiger partial charge in [0.15, 0.2) is 11.2 Å². The predicted octanol–water partition coefficient (Wildman–Crippen LogP) is 2.07. The molecule has 6 rings (SSSR count). The number of aromatic amines is 1. The lowest BCUT2D eigenvalue weighted by Crippen LogP contribution is -2.38. The van der Waals surface area contributed by atoms with Crippen molar-refractivity contribution in [1.82, 2.24) is 29.3 Å². The largest absolute Gasteiger partial charge is 0.493 e. The number of nitrogens with zero attached hydrogens (tertiary/aromatic N) is 5. The highest BCUT2D eigenvalue weighted by atomic mass is 32.2. The lowest BCUT2D eigenvalue weighted by Gasteiger charge is -2.30. The van der Waals surface area contributed by atoms with E-state index in [9.17, 15) is 13.2 Å². The summed E-state index contributed by atoms with van der Waals surface area (Å²) >= 11 is 0. The third kappa shape index (κ3) is 4.00. The molecule has 11 heteroatoms. The van der Waals surface area contributed by atoms with Gasteiger partial charge in [0, 0.05) is 25.4 Å². The van der Waals surface area contributed by atoms with Crippen molar-refractivity contribution < 1.29 is 13.2 Å². The van der Waals surface area contributed by atoms with Crippen LogP contribution in [0.25, 0.3) is 11.2 Å². The van der Waals surface area contributed by atoms with Crippen LogP contribution in [0, 0.1) is 0 Å². The minimum Gasteiger partial charge on any atom is -0.493 e. The summed E-state index contributed by atoms with van der Waals surface area (Å²) in [6.07, 6.45) is 1.84. The van der Waals surface area contributed by atoms with E-state index in [0.717, 1.165) is 23.3 Å². The molecule has 1 fully saturated rings. The summed E-state index contributed by atoms with van der Waals surface area (Å²) in [5, 5.41) is 8.14. The van der Waals surface area contributed by atoms with Crippen LogP contribution >= 0.6 is 0 Å². The lowest BCUT2D eigenvalue weighted by atomic mass is 9.97. The van der Waals surface area contributed by atoms with Crippen LogP contribution in [-0.4, -0.2) is 57.4 Å². The second kappa shape index (κ2) is 8.58. The average Bonchev–Trinajstić information content (AvgIpc) is 3.52. The van der Waals surface area contributed by atoms with Crippen LogP contribution in [0.5, 0.6) is 5.75 Å². The molecule has 4 aromatic rings. The van der Waals surface area contributed by atoms with Gasteiger partial charge in [-0.1, -0.05) is 35.5 Å². The number of H-pyrrole nitrogens is 1. The van der Waals surface area contributed by atoms with Crippen molar-refractivity contribution in [3.8, 4) is 5.75 Å². The number of hydrogen-bond acceptors (Lipinski definition) is 7. The van der Waals surface area contributed by atoms with E-state index in [4.69, 9.17) is 9.72 Å². The Labute approximate surface area is 201 Å². The Morgan fingerprint density at radius 2 is 1.89 bits per heavy atom. The summed E-state index contributed by atoms with van der Waals surface area (Å²) in [6.45, 7) is 1.74. The molecule has 0 unspecified atom stereocenters. The molecule has 2 aliphatic heterocycles. The summed E-state index contributed by atoms with van der Waals surface area (Å²) in [7, 11) is -3.60. The monoisotopic (exact) mass is 492 g/mol. The summed E-state index contributed by atoms with van der Waals surface area (Å²) < 4.78 is 35.1. The molecule has 4 heterocycles. The Morgan fingerprint density at radius 3 is 2.69 bits per heavy atom. The zero-order valence-corrected chi connectivity index (χ0v) is 19.7. The van der Waals surface area contributed by atoms with E-state index in [0.29, 0.717) is 55.4 Å². The highest BCUT2D eigenvalue weighted by Crippen LogP contribution is 2.32. The molecule has 2 aromatic heterocycles. The number of sulfonamides is 1.